The Bertz CT molecular complexity index is 227. The van der Waals surface area contributed by atoms with Crippen LogP contribution in [0.3, 0.4) is 0 Å². The molecule has 0 radical (unpaired) electrons. The molecule has 0 bridgehead atoms. The van der Waals surface area contributed by atoms with Gasteiger partial charge in [-0.05, 0) is 22.2 Å². The van der Waals surface area contributed by atoms with E-state index in [-0.39, 0.29) is 9.76 Å². The Morgan fingerprint density at radius 3 is 1.15 bits per heavy atom. The van der Waals surface area contributed by atoms with E-state index in [1.165, 1.54) is 0 Å². The molecule has 8 heteroatoms. The predicted octanol–water partition coefficient (Wildman–Crippen LogP) is 1.86. The van der Waals surface area contributed by atoms with E-state index in [1.807, 2.05) is 0 Å². The van der Waals surface area contributed by atoms with Gasteiger partial charge in [0.15, 0.2) is 8.32 Å². The topological polar surface area (TPSA) is 90.2 Å². The predicted molar refractivity (Wildman–Crippen MR) is 84.7 cm³/mol. The van der Waals surface area contributed by atoms with Crippen molar-refractivity contribution in [2.24, 2.45) is 0 Å². The summed E-state index contributed by atoms with van der Waals surface area (Å²) in [6.45, 7) is 18.8. The third kappa shape index (κ3) is 9.81. The first-order valence-corrected chi connectivity index (χ1v) is 13.6. The molecule has 0 aliphatic heterocycles. The van der Waals surface area contributed by atoms with Crippen LogP contribution in [-0.2, 0) is 22.3 Å². The van der Waals surface area contributed by atoms with Crippen molar-refractivity contribution in [3.8, 4) is 0 Å². The van der Waals surface area contributed by atoms with E-state index in [1.54, 1.807) is 0 Å². The summed E-state index contributed by atoms with van der Waals surface area (Å²) in [5, 5.41) is 0. The molecule has 0 aliphatic carbocycles. The van der Waals surface area contributed by atoms with Crippen molar-refractivity contribution in [3.05, 3.63) is 0 Å². The van der Waals surface area contributed by atoms with Crippen molar-refractivity contribution < 1.29 is 37.0 Å². The number of rotatable bonds is 6. The molecule has 4 N–H and O–H groups in total. The van der Waals surface area contributed by atoms with E-state index in [2.05, 4.69) is 55.4 Å². The third-order valence-corrected chi connectivity index (χ3v) is 12.1. The minimum atomic E-state index is -5.00. The summed E-state index contributed by atoms with van der Waals surface area (Å²) in [5.74, 6) is 0. The van der Waals surface area contributed by atoms with Gasteiger partial charge in [0, 0.05) is 0 Å². The van der Waals surface area contributed by atoms with Crippen molar-refractivity contribution >= 4 is 18.1 Å². The van der Waals surface area contributed by atoms with Gasteiger partial charge >= 0.3 is 32.9 Å². The van der Waals surface area contributed by atoms with Crippen LogP contribution in [0, 0.1) is 0 Å². The van der Waals surface area contributed by atoms with Crippen LogP contribution in [-0.4, -0.2) is 32.8 Å². The zero-order chi connectivity index (χ0) is 16.7. The standard InChI is InChI=1S/C12H30OSi2.4H2O.Ti/c1-9(2)14-13-15(10(3)4,11(5)6)12(7)8;;;;;/h9-12H,14H2,1-8H3;4*1H2;/q;;;;;+4/p-4. The van der Waals surface area contributed by atoms with Crippen LogP contribution in [0.4, 0.5) is 0 Å². The minimum absolute atomic E-state index is 0.325. The maximum absolute atomic E-state index is 7.38. The zero-order valence-electron chi connectivity index (χ0n) is 14.2. The van der Waals surface area contributed by atoms with Gasteiger partial charge in [-0.25, -0.2) is 0 Å². The van der Waals surface area contributed by atoms with Gasteiger partial charge in [-0.15, -0.1) is 0 Å². The quantitative estimate of drug-likeness (QED) is 0.542. The zero-order valence-corrected chi connectivity index (χ0v) is 18.2. The molecule has 0 rings (SSSR count). The molecular weight excluding hydrogens is 328 g/mol. The third-order valence-electron chi connectivity index (χ3n) is 3.37. The fourth-order valence-corrected chi connectivity index (χ4v) is 13.3. The molecule has 0 fully saturated rings. The molecule has 0 aromatic rings. The summed E-state index contributed by atoms with van der Waals surface area (Å²) < 4.78 is 36.1. The van der Waals surface area contributed by atoms with Gasteiger partial charge in [0.1, 0.15) is 9.76 Å². The van der Waals surface area contributed by atoms with E-state index in [4.69, 9.17) is 18.9 Å². The molecule has 5 nitrogen and oxygen atoms in total. The Kier molecular flexibility index (Phi) is 11.4. The Balaban J connectivity index is 0. The average molecular weight is 362 g/mol. The number of hydrogen-bond donors (Lipinski definition) is 4. The molecule has 0 heterocycles. The van der Waals surface area contributed by atoms with E-state index < -0.39 is 26.5 Å². The maximum atomic E-state index is 7.38. The van der Waals surface area contributed by atoms with E-state index >= 15 is 0 Å². The van der Waals surface area contributed by atoms with Crippen LogP contribution >= 0.6 is 0 Å². The summed E-state index contributed by atoms with van der Waals surface area (Å²) in [6, 6.07) is 0. The molecule has 0 saturated carbocycles. The Morgan fingerprint density at radius 2 is 1.00 bits per heavy atom. The molecule has 0 amide bonds. The van der Waals surface area contributed by atoms with E-state index in [0.717, 1.165) is 22.2 Å². The molecule has 0 atom stereocenters. The van der Waals surface area contributed by atoms with Gasteiger partial charge < -0.3 is 4.12 Å². The molecule has 0 aromatic heterocycles. The fraction of sp³-hybridized carbons (Fsp3) is 1.00. The van der Waals surface area contributed by atoms with E-state index in [0.29, 0.717) is 0 Å². The summed E-state index contributed by atoms with van der Waals surface area (Å²) in [7, 11) is -1.85. The van der Waals surface area contributed by atoms with Crippen molar-refractivity contribution in [3.63, 3.8) is 0 Å². The van der Waals surface area contributed by atoms with Crippen LogP contribution in [0.1, 0.15) is 55.4 Å². The second kappa shape index (κ2) is 9.86. The van der Waals surface area contributed by atoms with Crippen molar-refractivity contribution in [2.75, 3.05) is 0 Å². The molecule has 0 unspecified atom stereocenters. The number of hydrogen-bond acceptors (Lipinski definition) is 5. The van der Waals surface area contributed by atoms with Crippen molar-refractivity contribution in [2.45, 2.75) is 77.6 Å². The molecule has 0 spiro atoms. The summed E-state index contributed by atoms with van der Waals surface area (Å²) in [5.41, 5.74) is 3.00. The molecule has 20 heavy (non-hydrogen) atoms. The van der Waals surface area contributed by atoms with E-state index in [9.17, 15) is 0 Å². The second-order valence-electron chi connectivity index (χ2n) is 6.62. The van der Waals surface area contributed by atoms with Crippen LogP contribution in [0.2, 0.25) is 22.2 Å². The van der Waals surface area contributed by atoms with Crippen molar-refractivity contribution in [1.29, 1.82) is 0 Å². The fourth-order valence-electron chi connectivity index (χ4n) is 2.81. The summed E-state index contributed by atoms with van der Waals surface area (Å²) in [4.78, 5) is 0. The van der Waals surface area contributed by atoms with Gasteiger partial charge in [-0.2, -0.15) is 0 Å². The molecule has 124 valence electrons. The van der Waals surface area contributed by atoms with Crippen LogP contribution < -0.4 is 0 Å². The Labute approximate surface area is 132 Å². The molecular formula is C12H34O5Si2Ti. The first kappa shape index (κ1) is 23.2. The summed E-state index contributed by atoms with van der Waals surface area (Å²) >= 11 is -5.00. The molecule has 0 saturated heterocycles. The van der Waals surface area contributed by atoms with Crippen LogP contribution in [0.5, 0.6) is 0 Å². The van der Waals surface area contributed by atoms with Gasteiger partial charge in [-0.3, -0.25) is 0 Å². The van der Waals surface area contributed by atoms with Crippen molar-refractivity contribution in [1.82, 2.24) is 0 Å². The van der Waals surface area contributed by atoms with Crippen LogP contribution in [0.15, 0.2) is 0 Å². The van der Waals surface area contributed by atoms with Gasteiger partial charge in [0.05, 0.1) is 0 Å². The van der Waals surface area contributed by atoms with Gasteiger partial charge in [-0.1, -0.05) is 55.4 Å². The Hall–Kier alpha value is 0.948. The Morgan fingerprint density at radius 1 is 0.750 bits per heavy atom. The molecule has 0 aromatic carbocycles. The monoisotopic (exact) mass is 362 g/mol. The molecule has 0 aliphatic rings. The first-order valence-electron chi connectivity index (χ1n) is 7.28. The normalized spacial score (nSPS) is 13.8. The average Bonchev–Trinajstić information content (AvgIpc) is 2.12. The van der Waals surface area contributed by atoms with Gasteiger partial charge in [0.2, 0.25) is 0 Å². The first-order chi connectivity index (χ1) is 8.75. The van der Waals surface area contributed by atoms with Gasteiger partial charge in [0.25, 0.3) is 0 Å². The second-order valence-corrected chi connectivity index (χ2v) is 16.8. The summed E-state index contributed by atoms with van der Waals surface area (Å²) in [6.07, 6.45) is 0. The SMILES string of the molecule is CC(C)[SiH2]O[Si](C(C)C)(C(C)C)C(C)C.[OH][Ti]([OH])([OH])[OH]. The van der Waals surface area contributed by atoms with Crippen LogP contribution in [0.25, 0.3) is 0 Å².